The van der Waals surface area contributed by atoms with Gasteiger partial charge in [-0.05, 0) is 20.8 Å². The first-order valence-corrected chi connectivity index (χ1v) is 5.55. The Kier molecular flexibility index (Phi) is 7.30. The Hall–Kier alpha value is -1.34. The van der Waals surface area contributed by atoms with E-state index in [1.807, 2.05) is 0 Å². The van der Waals surface area contributed by atoms with Gasteiger partial charge in [-0.25, -0.2) is 9.59 Å². The summed E-state index contributed by atoms with van der Waals surface area (Å²) in [6, 6.07) is -1.14. The van der Waals surface area contributed by atoms with Crippen molar-refractivity contribution in [1.82, 2.24) is 5.32 Å². The van der Waals surface area contributed by atoms with Gasteiger partial charge in [0.1, 0.15) is 5.60 Å². The highest BCUT2D eigenvalue weighted by Crippen LogP contribution is 2.06. The molecule has 0 aromatic carbocycles. The lowest BCUT2D eigenvalue weighted by Gasteiger charge is -2.21. The van der Waals surface area contributed by atoms with E-state index in [-0.39, 0.29) is 13.2 Å². The fourth-order valence-corrected chi connectivity index (χ4v) is 0.968. The molecule has 0 fully saturated rings. The molecule has 106 valence electrons. The van der Waals surface area contributed by atoms with Crippen LogP contribution in [-0.2, 0) is 19.0 Å². The maximum absolute atomic E-state index is 11.4. The summed E-state index contributed by atoms with van der Waals surface area (Å²) in [4.78, 5) is 22.3. The summed E-state index contributed by atoms with van der Waals surface area (Å²) >= 11 is 0. The summed E-state index contributed by atoms with van der Waals surface area (Å²) < 4.78 is 14.8. The molecular weight excluding hydrogens is 242 g/mol. The lowest BCUT2D eigenvalue weighted by atomic mass is 10.2. The summed E-state index contributed by atoms with van der Waals surface area (Å²) in [7, 11) is 1.51. The van der Waals surface area contributed by atoms with E-state index in [0.717, 1.165) is 0 Å². The smallest absolute Gasteiger partial charge is 0.408 e. The molecule has 0 rings (SSSR count). The third-order valence-electron chi connectivity index (χ3n) is 1.71. The van der Waals surface area contributed by atoms with Gasteiger partial charge in [0.2, 0.25) is 0 Å². The van der Waals surface area contributed by atoms with Gasteiger partial charge in [-0.15, -0.1) is 0 Å². The highest BCUT2D eigenvalue weighted by molar-refractivity contribution is 5.80. The number of ether oxygens (including phenoxy) is 3. The van der Waals surface area contributed by atoms with Crippen molar-refractivity contribution in [1.29, 1.82) is 0 Å². The van der Waals surface area contributed by atoms with Crippen LogP contribution in [-0.4, -0.2) is 55.7 Å². The van der Waals surface area contributed by atoms with Gasteiger partial charge in [0.15, 0.2) is 6.04 Å². The van der Waals surface area contributed by atoms with Gasteiger partial charge in [0, 0.05) is 7.11 Å². The normalized spacial score (nSPS) is 12.9. The van der Waals surface area contributed by atoms with Gasteiger partial charge in [0.25, 0.3) is 0 Å². The van der Waals surface area contributed by atoms with Crippen LogP contribution in [0.15, 0.2) is 0 Å². The van der Waals surface area contributed by atoms with Gasteiger partial charge >= 0.3 is 12.1 Å². The van der Waals surface area contributed by atoms with Crippen molar-refractivity contribution in [3.05, 3.63) is 0 Å². The predicted molar refractivity (Wildman–Crippen MR) is 63.5 cm³/mol. The standard InChI is InChI=1S/C11H21NO6/c1-11(2,3)18-10(15)12-8(9(13)14)7-17-6-5-16-4/h8H,5-7H2,1-4H3,(H,12,15)(H,13,14). The zero-order valence-electron chi connectivity index (χ0n) is 11.2. The first-order chi connectivity index (χ1) is 8.26. The third-order valence-corrected chi connectivity index (χ3v) is 1.71. The number of carboxylic acid groups (broad SMARTS) is 1. The molecule has 0 heterocycles. The van der Waals surface area contributed by atoms with Crippen LogP contribution in [0, 0.1) is 0 Å². The number of rotatable bonds is 7. The van der Waals surface area contributed by atoms with Crippen molar-refractivity contribution in [2.45, 2.75) is 32.4 Å². The monoisotopic (exact) mass is 263 g/mol. The minimum absolute atomic E-state index is 0.141. The van der Waals surface area contributed by atoms with Gasteiger partial charge in [0.05, 0.1) is 19.8 Å². The SMILES string of the molecule is COCCOCC(NC(=O)OC(C)(C)C)C(=O)O. The van der Waals surface area contributed by atoms with E-state index in [0.29, 0.717) is 6.61 Å². The molecule has 0 aromatic heterocycles. The number of carbonyl (C=O) groups excluding carboxylic acids is 1. The predicted octanol–water partition coefficient (Wildman–Crippen LogP) is 0.627. The number of hydrogen-bond donors (Lipinski definition) is 2. The Labute approximate surface area is 106 Å². The molecule has 7 nitrogen and oxygen atoms in total. The fourth-order valence-electron chi connectivity index (χ4n) is 0.968. The van der Waals surface area contributed by atoms with E-state index in [1.165, 1.54) is 7.11 Å². The molecule has 7 heteroatoms. The van der Waals surface area contributed by atoms with E-state index >= 15 is 0 Å². The molecular formula is C11H21NO6. The second-order valence-electron chi connectivity index (χ2n) is 4.60. The summed E-state index contributed by atoms with van der Waals surface area (Å²) in [6.45, 7) is 5.55. The van der Waals surface area contributed by atoms with Crippen LogP contribution >= 0.6 is 0 Å². The van der Waals surface area contributed by atoms with Crippen LogP contribution in [0.5, 0.6) is 0 Å². The van der Waals surface area contributed by atoms with E-state index in [9.17, 15) is 9.59 Å². The molecule has 2 N–H and O–H groups in total. The third kappa shape index (κ3) is 8.77. The van der Waals surface area contributed by atoms with E-state index < -0.39 is 23.7 Å². The zero-order valence-corrected chi connectivity index (χ0v) is 11.2. The highest BCUT2D eigenvalue weighted by Gasteiger charge is 2.23. The molecule has 0 bridgehead atoms. The number of amides is 1. The Morgan fingerprint density at radius 3 is 2.33 bits per heavy atom. The number of aliphatic carboxylic acids is 1. The van der Waals surface area contributed by atoms with Crippen LogP contribution in [0.4, 0.5) is 4.79 Å². The Balaban J connectivity index is 4.11. The van der Waals surface area contributed by atoms with Gasteiger partial charge in [-0.3, -0.25) is 0 Å². The maximum atomic E-state index is 11.4. The highest BCUT2D eigenvalue weighted by atomic mass is 16.6. The molecule has 0 aliphatic heterocycles. The second kappa shape index (κ2) is 7.88. The van der Waals surface area contributed by atoms with Crippen molar-refractivity contribution in [2.24, 2.45) is 0 Å². The lowest BCUT2D eigenvalue weighted by molar-refractivity contribution is -0.141. The Bertz CT molecular complexity index is 273. The number of alkyl carbamates (subject to hydrolysis) is 1. The fraction of sp³-hybridized carbons (Fsp3) is 0.818. The molecule has 0 aromatic rings. The van der Waals surface area contributed by atoms with E-state index in [1.54, 1.807) is 20.8 Å². The van der Waals surface area contributed by atoms with Crippen LogP contribution in [0.2, 0.25) is 0 Å². The molecule has 1 unspecified atom stereocenters. The minimum atomic E-state index is -1.18. The number of carboxylic acids is 1. The van der Waals surface area contributed by atoms with E-state index in [4.69, 9.17) is 19.3 Å². The average Bonchev–Trinajstić information content (AvgIpc) is 2.19. The summed E-state index contributed by atoms with van der Waals surface area (Å²) in [5.74, 6) is -1.18. The quantitative estimate of drug-likeness (QED) is 0.654. The van der Waals surface area contributed by atoms with Crippen molar-refractivity contribution >= 4 is 12.1 Å². The first-order valence-electron chi connectivity index (χ1n) is 5.55. The molecule has 18 heavy (non-hydrogen) atoms. The molecule has 1 atom stereocenters. The van der Waals surface area contributed by atoms with Gasteiger partial charge in [-0.1, -0.05) is 0 Å². The Morgan fingerprint density at radius 2 is 1.89 bits per heavy atom. The van der Waals surface area contributed by atoms with Crippen molar-refractivity contribution in [3.8, 4) is 0 Å². The van der Waals surface area contributed by atoms with Crippen molar-refractivity contribution in [3.63, 3.8) is 0 Å². The van der Waals surface area contributed by atoms with Crippen LogP contribution < -0.4 is 5.32 Å². The molecule has 0 aliphatic carbocycles. The van der Waals surface area contributed by atoms with Crippen LogP contribution in [0.3, 0.4) is 0 Å². The molecule has 0 aliphatic rings. The molecule has 0 radical (unpaired) electrons. The van der Waals surface area contributed by atoms with Crippen molar-refractivity contribution in [2.75, 3.05) is 26.9 Å². The summed E-state index contributed by atoms with van der Waals surface area (Å²) in [6.07, 6.45) is -0.787. The number of nitrogens with one attached hydrogen (secondary N) is 1. The topological polar surface area (TPSA) is 94.1 Å². The van der Waals surface area contributed by atoms with Gasteiger partial charge < -0.3 is 24.6 Å². The number of hydrogen-bond acceptors (Lipinski definition) is 5. The molecule has 0 saturated heterocycles. The molecule has 0 spiro atoms. The largest absolute Gasteiger partial charge is 0.480 e. The second-order valence-corrected chi connectivity index (χ2v) is 4.60. The Morgan fingerprint density at radius 1 is 1.28 bits per heavy atom. The maximum Gasteiger partial charge on any atom is 0.408 e. The first kappa shape index (κ1) is 16.7. The summed E-state index contributed by atoms with van der Waals surface area (Å²) in [5, 5.41) is 11.1. The van der Waals surface area contributed by atoms with Crippen molar-refractivity contribution < 1.29 is 28.9 Å². The average molecular weight is 263 g/mol. The van der Waals surface area contributed by atoms with Crippen LogP contribution in [0.25, 0.3) is 0 Å². The lowest BCUT2D eigenvalue weighted by Crippen LogP contribution is -2.46. The molecule has 0 saturated carbocycles. The van der Waals surface area contributed by atoms with Crippen LogP contribution in [0.1, 0.15) is 20.8 Å². The van der Waals surface area contributed by atoms with Gasteiger partial charge in [-0.2, -0.15) is 0 Å². The molecule has 1 amide bonds. The minimum Gasteiger partial charge on any atom is -0.480 e. The zero-order chi connectivity index (χ0) is 14.2. The summed E-state index contributed by atoms with van der Waals surface area (Å²) in [5.41, 5.74) is -0.677. The van der Waals surface area contributed by atoms with E-state index in [2.05, 4.69) is 5.32 Å². The number of methoxy groups -OCH3 is 1. The number of carbonyl (C=O) groups is 2.